The van der Waals surface area contributed by atoms with Crippen molar-refractivity contribution in [1.29, 1.82) is 0 Å². The number of nitrogens with one attached hydrogen (secondary N) is 1. The van der Waals surface area contributed by atoms with Gasteiger partial charge < -0.3 is 10.4 Å². The minimum absolute atomic E-state index is 0.00702. The number of hydrogen-bond acceptors (Lipinski definition) is 2. The van der Waals surface area contributed by atoms with Crippen LogP contribution in [0.5, 0.6) is 0 Å². The Hall–Kier alpha value is -2.10. The first-order valence-electron chi connectivity index (χ1n) is 6.74. The fraction of sp³-hybridized carbons (Fsp3) is 0.375. The van der Waals surface area contributed by atoms with Gasteiger partial charge in [0.25, 0.3) is 0 Å². The molecule has 0 aliphatic carbocycles. The van der Waals surface area contributed by atoms with Gasteiger partial charge in [0.2, 0.25) is 5.91 Å². The van der Waals surface area contributed by atoms with Gasteiger partial charge in [-0.05, 0) is 42.2 Å². The van der Waals surface area contributed by atoms with Crippen LogP contribution in [0.2, 0.25) is 0 Å². The maximum atomic E-state index is 11.8. The topological polar surface area (TPSA) is 66.4 Å². The first kappa shape index (κ1) is 16.0. The van der Waals surface area contributed by atoms with Gasteiger partial charge in [-0.25, -0.2) is 4.79 Å². The SMILES string of the molecule is CCC(C)CC(=O)Nc1ccc(/C=C/C(=O)O)c(C)c1. The van der Waals surface area contributed by atoms with E-state index >= 15 is 0 Å². The molecule has 108 valence electrons. The van der Waals surface area contributed by atoms with Gasteiger partial charge in [0.1, 0.15) is 0 Å². The maximum Gasteiger partial charge on any atom is 0.328 e. The van der Waals surface area contributed by atoms with E-state index in [9.17, 15) is 9.59 Å². The van der Waals surface area contributed by atoms with Crippen LogP contribution < -0.4 is 5.32 Å². The molecule has 4 nitrogen and oxygen atoms in total. The molecule has 20 heavy (non-hydrogen) atoms. The van der Waals surface area contributed by atoms with Gasteiger partial charge in [-0.2, -0.15) is 0 Å². The van der Waals surface area contributed by atoms with Crippen LogP contribution in [-0.2, 0) is 9.59 Å². The maximum absolute atomic E-state index is 11.8. The van der Waals surface area contributed by atoms with E-state index in [1.54, 1.807) is 18.2 Å². The molecule has 1 unspecified atom stereocenters. The number of rotatable bonds is 6. The molecule has 0 aliphatic rings. The zero-order chi connectivity index (χ0) is 15.1. The van der Waals surface area contributed by atoms with E-state index in [1.165, 1.54) is 0 Å². The molecule has 0 saturated heterocycles. The van der Waals surface area contributed by atoms with Crippen molar-refractivity contribution in [2.24, 2.45) is 5.92 Å². The normalized spacial score (nSPS) is 12.3. The summed E-state index contributed by atoms with van der Waals surface area (Å²) in [7, 11) is 0. The Morgan fingerprint density at radius 2 is 2.10 bits per heavy atom. The minimum atomic E-state index is -0.977. The molecule has 2 N–H and O–H groups in total. The van der Waals surface area contributed by atoms with Crippen LogP contribution in [0, 0.1) is 12.8 Å². The third-order valence-corrected chi connectivity index (χ3v) is 3.19. The third kappa shape index (κ3) is 5.26. The number of carbonyl (C=O) groups excluding carboxylic acids is 1. The monoisotopic (exact) mass is 275 g/mol. The molecule has 0 aromatic heterocycles. The van der Waals surface area contributed by atoms with Crippen molar-refractivity contribution in [3.63, 3.8) is 0 Å². The zero-order valence-electron chi connectivity index (χ0n) is 12.1. The summed E-state index contributed by atoms with van der Waals surface area (Å²) in [6, 6.07) is 5.42. The first-order chi connectivity index (χ1) is 9.42. The van der Waals surface area contributed by atoms with Gasteiger partial charge in [-0.15, -0.1) is 0 Å². The summed E-state index contributed by atoms with van der Waals surface area (Å²) in [6.07, 6.45) is 4.13. The van der Waals surface area contributed by atoms with E-state index in [1.807, 2.05) is 19.9 Å². The average Bonchev–Trinajstić information content (AvgIpc) is 2.37. The van der Waals surface area contributed by atoms with Gasteiger partial charge in [0.05, 0.1) is 0 Å². The van der Waals surface area contributed by atoms with Gasteiger partial charge in [0, 0.05) is 18.2 Å². The molecule has 1 atom stereocenters. The highest BCUT2D eigenvalue weighted by molar-refractivity contribution is 5.91. The molecular weight excluding hydrogens is 254 g/mol. The number of amides is 1. The number of anilines is 1. The van der Waals surface area contributed by atoms with Crippen LogP contribution >= 0.6 is 0 Å². The average molecular weight is 275 g/mol. The molecule has 0 saturated carbocycles. The summed E-state index contributed by atoms with van der Waals surface area (Å²) in [5.74, 6) is -0.600. The summed E-state index contributed by atoms with van der Waals surface area (Å²) in [5, 5.41) is 11.5. The van der Waals surface area contributed by atoms with Crippen molar-refractivity contribution < 1.29 is 14.7 Å². The van der Waals surface area contributed by atoms with Gasteiger partial charge in [-0.1, -0.05) is 26.3 Å². The number of aryl methyl sites for hydroxylation is 1. The number of benzene rings is 1. The number of hydrogen-bond donors (Lipinski definition) is 2. The summed E-state index contributed by atoms with van der Waals surface area (Å²) < 4.78 is 0. The lowest BCUT2D eigenvalue weighted by Gasteiger charge is -2.10. The number of carbonyl (C=O) groups is 2. The summed E-state index contributed by atoms with van der Waals surface area (Å²) in [4.78, 5) is 22.3. The molecule has 0 fully saturated rings. The van der Waals surface area contributed by atoms with Crippen molar-refractivity contribution in [2.75, 3.05) is 5.32 Å². The number of carboxylic acids is 1. The molecule has 0 spiro atoms. The zero-order valence-corrected chi connectivity index (χ0v) is 12.1. The summed E-state index contributed by atoms with van der Waals surface area (Å²) in [6.45, 7) is 5.99. The minimum Gasteiger partial charge on any atom is -0.478 e. The van der Waals surface area contributed by atoms with Crippen molar-refractivity contribution in [3.05, 3.63) is 35.4 Å². The quantitative estimate of drug-likeness (QED) is 0.781. The van der Waals surface area contributed by atoms with Crippen LogP contribution in [0.4, 0.5) is 5.69 Å². The number of carboxylic acid groups (broad SMARTS) is 1. The largest absolute Gasteiger partial charge is 0.478 e. The van der Waals surface area contributed by atoms with E-state index < -0.39 is 5.97 Å². The molecular formula is C16H21NO3. The Bertz CT molecular complexity index is 520. The van der Waals surface area contributed by atoms with Crippen LogP contribution in [0.15, 0.2) is 24.3 Å². The van der Waals surface area contributed by atoms with Crippen LogP contribution in [0.25, 0.3) is 6.08 Å². The van der Waals surface area contributed by atoms with Gasteiger partial charge >= 0.3 is 5.97 Å². The molecule has 1 amide bonds. The lowest BCUT2D eigenvalue weighted by Crippen LogP contribution is -2.14. The molecule has 0 radical (unpaired) electrons. The van der Waals surface area contributed by atoms with Crippen LogP contribution in [0.3, 0.4) is 0 Å². The van der Waals surface area contributed by atoms with Gasteiger partial charge in [0.15, 0.2) is 0 Å². The molecule has 4 heteroatoms. The highest BCUT2D eigenvalue weighted by Gasteiger charge is 2.08. The van der Waals surface area contributed by atoms with E-state index in [-0.39, 0.29) is 5.91 Å². The Labute approximate surface area is 119 Å². The highest BCUT2D eigenvalue weighted by atomic mass is 16.4. The molecule has 0 heterocycles. The predicted molar refractivity (Wildman–Crippen MR) is 80.6 cm³/mol. The Balaban J connectivity index is 2.72. The molecule has 1 rings (SSSR count). The second-order valence-corrected chi connectivity index (χ2v) is 5.01. The lowest BCUT2D eigenvalue weighted by molar-refractivity contribution is -0.131. The van der Waals surface area contributed by atoms with Gasteiger partial charge in [-0.3, -0.25) is 4.79 Å². The van der Waals surface area contributed by atoms with E-state index in [2.05, 4.69) is 12.2 Å². The molecule has 1 aromatic carbocycles. The third-order valence-electron chi connectivity index (χ3n) is 3.19. The smallest absolute Gasteiger partial charge is 0.328 e. The predicted octanol–water partition coefficient (Wildman–Crippen LogP) is 3.47. The van der Waals surface area contributed by atoms with Crippen LogP contribution in [0.1, 0.15) is 37.8 Å². The highest BCUT2D eigenvalue weighted by Crippen LogP contribution is 2.17. The fourth-order valence-corrected chi connectivity index (χ4v) is 1.77. The molecule has 0 aliphatic heterocycles. The second-order valence-electron chi connectivity index (χ2n) is 5.01. The lowest BCUT2D eigenvalue weighted by atomic mass is 10.0. The molecule has 1 aromatic rings. The Kier molecular flexibility index (Phi) is 5.97. The van der Waals surface area contributed by atoms with E-state index in [0.29, 0.717) is 12.3 Å². The van der Waals surface area contributed by atoms with E-state index in [0.717, 1.165) is 29.3 Å². The second kappa shape index (κ2) is 7.48. The van der Waals surface area contributed by atoms with E-state index in [4.69, 9.17) is 5.11 Å². The van der Waals surface area contributed by atoms with Crippen molar-refractivity contribution in [3.8, 4) is 0 Å². The van der Waals surface area contributed by atoms with Crippen molar-refractivity contribution in [1.82, 2.24) is 0 Å². The summed E-state index contributed by atoms with van der Waals surface area (Å²) >= 11 is 0. The number of aliphatic carboxylic acids is 1. The Morgan fingerprint density at radius 1 is 1.40 bits per heavy atom. The van der Waals surface area contributed by atoms with Crippen molar-refractivity contribution in [2.45, 2.75) is 33.6 Å². The first-order valence-corrected chi connectivity index (χ1v) is 6.74. The standard InChI is InChI=1S/C16H21NO3/c1-4-11(2)9-15(18)17-14-7-5-13(12(3)10-14)6-8-16(19)20/h5-8,10-11H,4,9H2,1-3H3,(H,17,18)(H,19,20)/b8-6+. The molecule has 0 bridgehead atoms. The summed E-state index contributed by atoms with van der Waals surface area (Å²) in [5.41, 5.74) is 2.49. The Morgan fingerprint density at radius 3 is 2.65 bits per heavy atom. The van der Waals surface area contributed by atoms with Crippen molar-refractivity contribution >= 4 is 23.6 Å². The van der Waals surface area contributed by atoms with Crippen LogP contribution in [-0.4, -0.2) is 17.0 Å². The fourth-order valence-electron chi connectivity index (χ4n) is 1.77.